The van der Waals surface area contributed by atoms with Gasteiger partial charge in [0.2, 0.25) is 0 Å². The Kier molecular flexibility index (Phi) is 3.55. The smallest absolute Gasteiger partial charge is 0.138 e. The van der Waals surface area contributed by atoms with E-state index in [-0.39, 0.29) is 5.82 Å². The molecule has 0 amide bonds. The molecular weight excluding hydrogens is 379 g/mol. The summed E-state index contributed by atoms with van der Waals surface area (Å²) in [5.41, 5.74) is 6.60. The van der Waals surface area contributed by atoms with Crippen LogP contribution in [0.25, 0.3) is 55.6 Å². The molecule has 6 rings (SSSR count). The molecule has 0 aliphatic rings. The first-order chi connectivity index (χ1) is 14.8. The van der Waals surface area contributed by atoms with E-state index in [1.165, 1.54) is 6.07 Å². The summed E-state index contributed by atoms with van der Waals surface area (Å²) in [5.74, 6) is -0.261. The Bertz CT molecular complexity index is 1510. The van der Waals surface area contributed by atoms with Gasteiger partial charge in [-0.1, -0.05) is 24.3 Å². The molecule has 144 valence electrons. The molecule has 6 aromatic rings. The van der Waals surface area contributed by atoms with Crippen LogP contribution in [0.1, 0.15) is 0 Å². The average Bonchev–Trinajstić information content (AvgIpc) is 3.51. The van der Waals surface area contributed by atoms with E-state index >= 15 is 0 Å². The van der Waals surface area contributed by atoms with Gasteiger partial charge in [0.15, 0.2) is 0 Å². The molecule has 0 bridgehead atoms. The minimum Gasteiger partial charge on any atom is -0.338 e. The van der Waals surface area contributed by atoms with E-state index in [9.17, 15) is 4.39 Å². The maximum Gasteiger partial charge on any atom is 0.138 e. The second-order valence-electron chi connectivity index (χ2n) is 7.10. The lowest BCUT2D eigenvalue weighted by molar-refractivity contribution is 0.631. The number of H-pyrrole nitrogens is 3. The third-order valence-corrected chi connectivity index (χ3v) is 5.35. The van der Waals surface area contributed by atoms with Crippen LogP contribution in [0, 0.1) is 5.82 Å². The topological polar surface area (TPSA) is 86.0 Å². The van der Waals surface area contributed by atoms with Crippen molar-refractivity contribution in [3.05, 3.63) is 79.0 Å². The summed E-state index contributed by atoms with van der Waals surface area (Å²) in [5, 5.41) is 16.3. The van der Waals surface area contributed by atoms with Gasteiger partial charge in [-0.05, 0) is 41.5 Å². The van der Waals surface area contributed by atoms with Gasteiger partial charge in [-0.15, -0.1) is 0 Å². The molecule has 4 heterocycles. The zero-order chi connectivity index (χ0) is 20.1. The van der Waals surface area contributed by atoms with Gasteiger partial charge in [-0.25, -0.2) is 9.37 Å². The summed E-state index contributed by atoms with van der Waals surface area (Å²) in [6.07, 6.45) is 5.33. The lowest BCUT2D eigenvalue weighted by Crippen LogP contribution is -1.85. The minimum atomic E-state index is -0.261. The van der Waals surface area contributed by atoms with E-state index in [2.05, 4.69) is 36.4 Å². The largest absolute Gasteiger partial charge is 0.338 e. The number of aromatic nitrogens is 6. The normalized spacial score (nSPS) is 11.5. The minimum absolute atomic E-state index is 0.261. The van der Waals surface area contributed by atoms with Crippen LogP contribution >= 0.6 is 0 Å². The highest BCUT2D eigenvalue weighted by Crippen LogP contribution is 2.35. The van der Waals surface area contributed by atoms with Crippen molar-refractivity contribution in [1.29, 1.82) is 0 Å². The molecule has 0 radical (unpaired) electrons. The van der Waals surface area contributed by atoms with Crippen molar-refractivity contribution in [1.82, 2.24) is 30.4 Å². The van der Waals surface area contributed by atoms with E-state index < -0.39 is 0 Å². The molecule has 0 saturated heterocycles. The molecule has 0 fully saturated rings. The Hall–Kier alpha value is -4.26. The molecule has 0 saturated carbocycles. The summed E-state index contributed by atoms with van der Waals surface area (Å²) in [6.45, 7) is 0. The third kappa shape index (κ3) is 2.52. The SMILES string of the molecule is Fc1ccccc1-c1ccnc2[nH]c(-c3n[nH]c4ccc(-c5cn[nH]c5)cc34)cc12. The summed E-state index contributed by atoms with van der Waals surface area (Å²) in [7, 11) is 0. The molecule has 4 aromatic heterocycles. The monoisotopic (exact) mass is 394 g/mol. The Labute approximate surface area is 169 Å². The molecule has 0 aliphatic carbocycles. The maximum atomic E-state index is 14.4. The van der Waals surface area contributed by atoms with E-state index in [4.69, 9.17) is 0 Å². The van der Waals surface area contributed by atoms with Crippen molar-refractivity contribution in [2.24, 2.45) is 0 Å². The highest BCUT2D eigenvalue weighted by atomic mass is 19.1. The number of pyridine rings is 1. The predicted molar refractivity (Wildman–Crippen MR) is 114 cm³/mol. The van der Waals surface area contributed by atoms with Gasteiger partial charge in [0.05, 0.1) is 17.4 Å². The van der Waals surface area contributed by atoms with Crippen LogP contribution in [0.15, 0.2) is 73.2 Å². The molecule has 0 unspecified atom stereocenters. The van der Waals surface area contributed by atoms with Crippen LogP contribution in [0.5, 0.6) is 0 Å². The standard InChI is InChI=1S/C23H15FN6/c24-19-4-2-1-3-16(19)15-7-8-25-23-17(15)10-21(28-23)22-18-9-13(14-11-26-27-12-14)5-6-20(18)29-30-22/h1-12H,(H,25,28)(H,26,27)(H,29,30). The van der Waals surface area contributed by atoms with E-state index in [0.717, 1.165) is 44.4 Å². The lowest BCUT2D eigenvalue weighted by atomic mass is 10.0. The number of fused-ring (bicyclic) bond motifs is 2. The first kappa shape index (κ1) is 16.7. The highest BCUT2D eigenvalue weighted by molar-refractivity contribution is 6.00. The van der Waals surface area contributed by atoms with Crippen LogP contribution in [0.2, 0.25) is 0 Å². The molecular formula is C23H15FN6. The summed E-state index contributed by atoms with van der Waals surface area (Å²) in [4.78, 5) is 7.78. The molecule has 0 aliphatic heterocycles. The summed E-state index contributed by atoms with van der Waals surface area (Å²) >= 11 is 0. The van der Waals surface area contributed by atoms with Crippen LogP contribution in [-0.4, -0.2) is 30.4 Å². The Morgan fingerprint density at radius 2 is 1.80 bits per heavy atom. The number of hydrogen-bond donors (Lipinski definition) is 3. The number of halogens is 1. The molecule has 0 spiro atoms. The fourth-order valence-corrected chi connectivity index (χ4v) is 3.88. The maximum absolute atomic E-state index is 14.4. The zero-order valence-electron chi connectivity index (χ0n) is 15.6. The lowest BCUT2D eigenvalue weighted by Gasteiger charge is -2.04. The first-order valence-electron chi connectivity index (χ1n) is 9.48. The number of hydrogen-bond acceptors (Lipinski definition) is 3. The molecule has 0 atom stereocenters. The van der Waals surface area contributed by atoms with E-state index in [1.54, 1.807) is 24.5 Å². The van der Waals surface area contributed by atoms with Crippen molar-refractivity contribution in [2.75, 3.05) is 0 Å². The zero-order valence-corrected chi connectivity index (χ0v) is 15.6. The van der Waals surface area contributed by atoms with Crippen molar-refractivity contribution < 1.29 is 4.39 Å². The quantitative estimate of drug-likeness (QED) is 0.381. The number of aromatic amines is 3. The Morgan fingerprint density at radius 1 is 0.867 bits per heavy atom. The highest BCUT2D eigenvalue weighted by Gasteiger charge is 2.16. The Balaban J connectivity index is 1.54. The van der Waals surface area contributed by atoms with Gasteiger partial charge in [-0.2, -0.15) is 10.2 Å². The van der Waals surface area contributed by atoms with Crippen LogP contribution in [0.4, 0.5) is 4.39 Å². The fourth-order valence-electron chi connectivity index (χ4n) is 3.88. The van der Waals surface area contributed by atoms with Gasteiger partial charge in [0.1, 0.15) is 17.2 Å². The van der Waals surface area contributed by atoms with E-state index in [0.29, 0.717) is 11.2 Å². The van der Waals surface area contributed by atoms with Crippen molar-refractivity contribution in [3.8, 4) is 33.6 Å². The van der Waals surface area contributed by atoms with Crippen LogP contribution in [-0.2, 0) is 0 Å². The van der Waals surface area contributed by atoms with E-state index in [1.807, 2.05) is 36.5 Å². The summed E-state index contributed by atoms with van der Waals surface area (Å²) in [6, 6.07) is 16.7. The van der Waals surface area contributed by atoms with Gasteiger partial charge in [0, 0.05) is 34.3 Å². The Morgan fingerprint density at radius 3 is 2.67 bits per heavy atom. The third-order valence-electron chi connectivity index (χ3n) is 5.35. The van der Waals surface area contributed by atoms with Gasteiger partial charge >= 0.3 is 0 Å². The fraction of sp³-hybridized carbons (Fsp3) is 0. The van der Waals surface area contributed by atoms with Gasteiger partial charge < -0.3 is 4.98 Å². The molecule has 2 aromatic carbocycles. The van der Waals surface area contributed by atoms with Crippen molar-refractivity contribution >= 4 is 21.9 Å². The first-order valence-corrected chi connectivity index (χ1v) is 9.48. The second-order valence-corrected chi connectivity index (χ2v) is 7.10. The predicted octanol–water partition coefficient (Wildman–Crippen LogP) is 5.30. The van der Waals surface area contributed by atoms with Gasteiger partial charge in [0.25, 0.3) is 0 Å². The molecule has 30 heavy (non-hydrogen) atoms. The number of nitrogens with one attached hydrogen (secondary N) is 3. The van der Waals surface area contributed by atoms with Crippen molar-refractivity contribution in [2.45, 2.75) is 0 Å². The molecule has 7 heteroatoms. The summed E-state index contributed by atoms with van der Waals surface area (Å²) < 4.78 is 14.4. The van der Waals surface area contributed by atoms with Crippen LogP contribution < -0.4 is 0 Å². The number of rotatable bonds is 3. The van der Waals surface area contributed by atoms with Crippen LogP contribution in [0.3, 0.4) is 0 Å². The number of nitrogens with zero attached hydrogens (tertiary/aromatic N) is 3. The molecule has 3 N–H and O–H groups in total. The van der Waals surface area contributed by atoms with Gasteiger partial charge in [-0.3, -0.25) is 10.2 Å². The second kappa shape index (κ2) is 6.38. The molecule has 6 nitrogen and oxygen atoms in total. The number of benzene rings is 2. The van der Waals surface area contributed by atoms with Crippen molar-refractivity contribution in [3.63, 3.8) is 0 Å². The average molecular weight is 394 g/mol.